The average Bonchev–Trinajstić information content (AvgIpc) is 2.91. The van der Waals surface area contributed by atoms with Crippen LogP contribution in [0.5, 0.6) is 0 Å². The van der Waals surface area contributed by atoms with Gasteiger partial charge in [-0.3, -0.25) is 0 Å². The van der Waals surface area contributed by atoms with Crippen molar-refractivity contribution >= 4 is 0 Å². The SMILES string of the molecule is CCCCCCC#C/C=C\C#Cc1ccc(-c2ccc(C#C/C=C\C#CCCCCCC)cc2)cc1. The van der Waals surface area contributed by atoms with E-state index in [1.807, 2.05) is 24.3 Å². The lowest BCUT2D eigenvalue weighted by Crippen LogP contribution is -1.80. The molecule has 0 nitrogen and oxygen atoms in total. The normalized spacial score (nSPS) is 9.94. The highest BCUT2D eigenvalue weighted by atomic mass is 14.0. The van der Waals surface area contributed by atoms with Crippen molar-refractivity contribution in [1.29, 1.82) is 0 Å². The highest BCUT2D eigenvalue weighted by Gasteiger charge is 1.97. The second kappa shape index (κ2) is 19.5. The maximum atomic E-state index is 3.18. The summed E-state index contributed by atoms with van der Waals surface area (Å²) in [5.41, 5.74) is 4.32. The lowest BCUT2D eigenvalue weighted by atomic mass is 10.0. The van der Waals surface area contributed by atoms with E-state index in [0.29, 0.717) is 0 Å². The monoisotopic (exact) mass is 470 g/mol. The van der Waals surface area contributed by atoms with Crippen molar-refractivity contribution in [2.24, 2.45) is 0 Å². The van der Waals surface area contributed by atoms with Gasteiger partial charge >= 0.3 is 0 Å². The van der Waals surface area contributed by atoms with Gasteiger partial charge in [-0.05, 0) is 72.5 Å². The minimum atomic E-state index is 0.971. The smallest absolute Gasteiger partial charge is 0.0249 e. The van der Waals surface area contributed by atoms with Gasteiger partial charge in [0.05, 0.1) is 0 Å². The van der Waals surface area contributed by atoms with Crippen LogP contribution in [0, 0.1) is 47.4 Å². The van der Waals surface area contributed by atoms with Gasteiger partial charge < -0.3 is 0 Å². The highest BCUT2D eigenvalue weighted by Crippen LogP contribution is 2.20. The van der Waals surface area contributed by atoms with Crippen LogP contribution >= 0.6 is 0 Å². The summed E-state index contributed by atoms with van der Waals surface area (Å²) in [7, 11) is 0. The molecule has 0 radical (unpaired) electrons. The van der Waals surface area contributed by atoms with Crippen LogP contribution < -0.4 is 0 Å². The van der Waals surface area contributed by atoms with Gasteiger partial charge in [-0.1, -0.05) is 124 Å². The van der Waals surface area contributed by atoms with Gasteiger partial charge in [0.2, 0.25) is 0 Å². The molecule has 0 fully saturated rings. The van der Waals surface area contributed by atoms with Gasteiger partial charge in [0.15, 0.2) is 0 Å². The van der Waals surface area contributed by atoms with E-state index < -0.39 is 0 Å². The molecule has 2 aromatic rings. The second-order valence-corrected chi connectivity index (χ2v) is 8.62. The second-order valence-electron chi connectivity index (χ2n) is 8.62. The Balaban J connectivity index is 1.80. The Bertz CT molecular complexity index is 1090. The topological polar surface area (TPSA) is 0 Å². The first kappa shape index (κ1) is 28.4. The third-order valence-electron chi connectivity index (χ3n) is 5.55. The van der Waals surface area contributed by atoms with Crippen molar-refractivity contribution < 1.29 is 0 Å². The summed E-state index contributed by atoms with van der Waals surface area (Å²) in [5, 5.41) is 0. The Morgan fingerprint density at radius 2 is 0.861 bits per heavy atom. The fourth-order valence-corrected chi connectivity index (χ4v) is 3.45. The Morgan fingerprint density at radius 3 is 1.25 bits per heavy atom. The molecule has 0 heteroatoms. The zero-order valence-corrected chi connectivity index (χ0v) is 22.0. The molecule has 0 saturated heterocycles. The van der Waals surface area contributed by atoms with Crippen LogP contribution in [0.15, 0.2) is 72.8 Å². The van der Waals surface area contributed by atoms with Crippen molar-refractivity contribution in [2.45, 2.75) is 78.1 Å². The van der Waals surface area contributed by atoms with Crippen LogP contribution in [-0.4, -0.2) is 0 Å². The maximum absolute atomic E-state index is 3.18. The highest BCUT2D eigenvalue weighted by molar-refractivity contribution is 5.65. The predicted molar refractivity (Wildman–Crippen MR) is 157 cm³/mol. The van der Waals surface area contributed by atoms with Gasteiger partial charge in [0, 0.05) is 24.0 Å². The molecule has 0 aliphatic rings. The Morgan fingerprint density at radius 1 is 0.472 bits per heavy atom. The first-order valence-electron chi connectivity index (χ1n) is 13.3. The number of benzene rings is 2. The molecule has 2 aromatic carbocycles. The van der Waals surface area contributed by atoms with Crippen molar-refractivity contribution in [3.63, 3.8) is 0 Å². The van der Waals surface area contributed by atoms with E-state index in [1.54, 1.807) is 0 Å². The summed E-state index contributed by atoms with van der Waals surface area (Å²) in [5.74, 6) is 24.9. The van der Waals surface area contributed by atoms with E-state index in [2.05, 4.69) is 110 Å². The molecule has 0 amide bonds. The van der Waals surface area contributed by atoms with E-state index in [-0.39, 0.29) is 0 Å². The number of hydrogen-bond acceptors (Lipinski definition) is 0. The zero-order valence-electron chi connectivity index (χ0n) is 22.0. The van der Waals surface area contributed by atoms with Gasteiger partial charge in [0.1, 0.15) is 0 Å². The molecule has 182 valence electrons. The first-order valence-corrected chi connectivity index (χ1v) is 13.3. The van der Waals surface area contributed by atoms with Crippen molar-refractivity contribution in [1.82, 2.24) is 0 Å². The van der Waals surface area contributed by atoms with E-state index in [0.717, 1.165) is 24.0 Å². The van der Waals surface area contributed by atoms with Gasteiger partial charge in [-0.25, -0.2) is 0 Å². The molecule has 0 unspecified atom stereocenters. The minimum Gasteiger partial charge on any atom is -0.0985 e. The predicted octanol–water partition coefficient (Wildman–Crippen LogP) is 9.12. The minimum absolute atomic E-state index is 0.971. The van der Waals surface area contributed by atoms with Crippen LogP contribution in [0.3, 0.4) is 0 Å². The molecule has 36 heavy (non-hydrogen) atoms. The molecule has 0 atom stereocenters. The van der Waals surface area contributed by atoms with Gasteiger partial charge in [-0.2, -0.15) is 0 Å². The maximum Gasteiger partial charge on any atom is 0.0249 e. The Labute approximate surface area is 220 Å². The molecule has 2 rings (SSSR count). The molecule has 0 aromatic heterocycles. The van der Waals surface area contributed by atoms with Crippen molar-refractivity contribution in [3.05, 3.63) is 84.0 Å². The van der Waals surface area contributed by atoms with Crippen LogP contribution in [0.4, 0.5) is 0 Å². The van der Waals surface area contributed by atoms with E-state index in [9.17, 15) is 0 Å². The summed E-state index contributed by atoms with van der Waals surface area (Å²) in [6.07, 6.45) is 19.3. The summed E-state index contributed by atoms with van der Waals surface area (Å²) < 4.78 is 0. The average molecular weight is 471 g/mol. The molecular weight excluding hydrogens is 432 g/mol. The Hall–Kier alpha value is -3.84. The lowest BCUT2D eigenvalue weighted by molar-refractivity contribution is 0.679. The first-order chi connectivity index (χ1) is 17.8. The molecule has 0 saturated carbocycles. The standard InChI is InChI=1S/C36H38/c1-3-5-7-9-11-13-15-17-19-21-23-33-25-29-35(30-26-33)36-31-27-34(28-32-36)24-22-20-18-16-14-12-10-8-6-4-2/h17-20,25-32H,3-12H2,1-2H3/b19-17-,20-18-. The summed E-state index contributed by atoms with van der Waals surface area (Å²) in [6.45, 7) is 4.45. The number of rotatable bonds is 9. The van der Waals surface area contributed by atoms with Crippen LogP contribution in [0.2, 0.25) is 0 Å². The lowest BCUT2D eigenvalue weighted by Gasteiger charge is -2.02. The molecule has 0 aliphatic carbocycles. The number of allylic oxidation sites excluding steroid dienone is 4. The molecule has 0 N–H and O–H groups in total. The molecule has 0 bridgehead atoms. The van der Waals surface area contributed by atoms with E-state index >= 15 is 0 Å². The van der Waals surface area contributed by atoms with Crippen LogP contribution in [-0.2, 0) is 0 Å². The van der Waals surface area contributed by atoms with E-state index in [1.165, 1.54) is 62.5 Å². The third-order valence-corrected chi connectivity index (χ3v) is 5.55. The fourth-order valence-electron chi connectivity index (χ4n) is 3.45. The molecule has 0 heterocycles. The summed E-state index contributed by atoms with van der Waals surface area (Å²) in [6, 6.07) is 16.6. The quantitative estimate of drug-likeness (QED) is 0.253. The zero-order chi connectivity index (χ0) is 25.5. The summed E-state index contributed by atoms with van der Waals surface area (Å²) in [4.78, 5) is 0. The largest absolute Gasteiger partial charge is 0.0985 e. The van der Waals surface area contributed by atoms with Gasteiger partial charge in [-0.15, -0.1) is 0 Å². The third kappa shape index (κ3) is 13.2. The van der Waals surface area contributed by atoms with E-state index in [4.69, 9.17) is 0 Å². The van der Waals surface area contributed by atoms with Crippen LogP contribution in [0.1, 0.15) is 89.2 Å². The number of unbranched alkanes of at least 4 members (excludes halogenated alkanes) is 8. The molecule has 0 aliphatic heterocycles. The fraction of sp³-hybridized carbons (Fsp3) is 0.333. The van der Waals surface area contributed by atoms with Crippen molar-refractivity contribution in [3.8, 4) is 58.5 Å². The Kier molecular flexibility index (Phi) is 15.4. The van der Waals surface area contributed by atoms with Crippen LogP contribution in [0.25, 0.3) is 11.1 Å². The molecule has 0 spiro atoms. The summed E-state index contributed by atoms with van der Waals surface area (Å²) >= 11 is 0. The van der Waals surface area contributed by atoms with Crippen molar-refractivity contribution in [2.75, 3.05) is 0 Å². The van der Waals surface area contributed by atoms with Gasteiger partial charge in [0.25, 0.3) is 0 Å². The molecular formula is C36H38. The number of hydrogen-bond donors (Lipinski definition) is 0.